The molecule has 0 spiro atoms. The maximum atomic E-state index is 6.26. The van der Waals surface area contributed by atoms with Crippen molar-refractivity contribution >= 4 is 11.4 Å². The van der Waals surface area contributed by atoms with E-state index in [-0.39, 0.29) is 5.41 Å². The van der Waals surface area contributed by atoms with E-state index in [2.05, 4.69) is 92.7 Å². The first-order valence-electron chi connectivity index (χ1n) is 13.0. The normalized spacial score (nSPS) is 13.7. The fraction of sp³-hybridized carbons (Fsp3) is 0.242. The third-order valence-electron chi connectivity index (χ3n) is 6.96. The Morgan fingerprint density at radius 3 is 1.95 bits per heavy atom. The number of allylic oxidation sites excluding steroid dienone is 2. The summed E-state index contributed by atoms with van der Waals surface area (Å²) in [5, 5.41) is 0. The Bertz CT molecular complexity index is 1470. The third-order valence-corrected chi connectivity index (χ3v) is 6.96. The summed E-state index contributed by atoms with van der Waals surface area (Å²) in [5.74, 6) is 2.73. The SMILES string of the molecule is CC1=C(C)N(c2cccc(Oc3cccc(Oc4cc(C(C)(C)C)ccn4)c3)c2)CN1c1ccc(C)cc1. The molecule has 3 aromatic carbocycles. The van der Waals surface area contributed by atoms with Crippen molar-refractivity contribution < 1.29 is 9.47 Å². The zero-order valence-electron chi connectivity index (χ0n) is 23.0. The van der Waals surface area contributed by atoms with Crippen LogP contribution in [0, 0.1) is 6.92 Å². The molecule has 0 N–H and O–H groups in total. The Kier molecular flexibility index (Phi) is 6.85. The third kappa shape index (κ3) is 5.52. The van der Waals surface area contributed by atoms with Gasteiger partial charge in [0.25, 0.3) is 0 Å². The molecular weight excluding hydrogens is 470 g/mol. The lowest BCUT2D eigenvalue weighted by molar-refractivity contribution is 0.446. The molecular formula is C33H35N3O2. The van der Waals surface area contributed by atoms with Crippen molar-refractivity contribution in [3.8, 4) is 23.1 Å². The van der Waals surface area contributed by atoms with Crippen LogP contribution >= 0.6 is 0 Å². The minimum absolute atomic E-state index is 0.0234. The van der Waals surface area contributed by atoms with Gasteiger partial charge in [-0.2, -0.15) is 0 Å². The Balaban J connectivity index is 1.32. The van der Waals surface area contributed by atoms with Crippen molar-refractivity contribution in [3.05, 3.63) is 114 Å². The van der Waals surface area contributed by atoms with Crippen molar-refractivity contribution in [2.24, 2.45) is 0 Å². The summed E-state index contributed by atoms with van der Waals surface area (Å²) in [6.45, 7) is 13.7. The van der Waals surface area contributed by atoms with E-state index < -0.39 is 0 Å². The highest BCUT2D eigenvalue weighted by Gasteiger charge is 2.26. The van der Waals surface area contributed by atoms with Crippen LogP contribution in [-0.4, -0.2) is 11.7 Å². The van der Waals surface area contributed by atoms with Gasteiger partial charge in [0.2, 0.25) is 5.88 Å². The van der Waals surface area contributed by atoms with Crippen LogP contribution in [0.1, 0.15) is 45.7 Å². The van der Waals surface area contributed by atoms with Gasteiger partial charge in [0.05, 0.1) is 6.67 Å². The van der Waals surface area contributed by atoms with E-state index in [9.17, 15) is 0 Å². The molecule has 5 heteroatoms. The number of ether oxygens (including phenoxy) is 2. The zero-order valence-corrected chi connectivity index (χ0v) is 23.0. The Hall–Kier alpha value is -4.25. The van der Waals surface area contributed by atoms with E-state index in [0.29, 0.717) is 17.4 Å². The summed E-state index contributed by atoms with van der Waals surface area (Å²) in [7, 11) is 0. The topological polar surface area (TPSA) is 37.8 Å². The summed E-state index contributed by atoms with van der Waals surface area (Å²) < 4.78 is 12.3. The lowest BCUT2D eigenvalue weighted by Crippen LogP contribution is -2.27. The fourth-order valence-corrected chi connectivity index (χ4v) is 4.52. The number of hydrogen-bond donors (Lipinski definition) is 0. The van der Waals surface area contributed by atoms with E-state index in [1.165, 1.54) is 28.2 Å². The van der Waals surface area contributed by atoms with Gasteiger partial charge in [0.1, 0.15) is 17.2 Å². The zero-order chi connectivity index (χ0) is 26.9. The van der Waals surface area contributed by atoms with Crippen LogP contribution in [0.5, 0.6) is 23.1 Å². The van der Waals surface area contributed by atoms with E-state index in [1.54, 1.807) is 6.20 Å². The summed E-state index contributed by atoms with van der Waals surface area (Å²) in [4.78, 5) is 9.04. The van der Waals surface area contributed by atoms with E-state index in [1.807, 2.05) is 48.5 Å². The van der Waals surface area contributed by atoms with Crippen LogP contribution in [0.4, 0.5) is 11.4 Å². The average Bonchev–Trinajstić information content (AvgIpc) is 3.19. The molecule has 0 unspecified atom stereocenters. The van der Waals surface area contributed by atoms with Crippen molar-refractivity contribution in [3.63, 3.8) is 0 Å². The average molecular weight is 506 g/mol. The van der Waals surface area contributed by atoms with Gasteiger partial charge in [0.15, 0.2) is 0 Å². The summed E-state index contributed by atoms with van der Waals surface area (Å²) >= 11 is 0. The number of rotatable bonds is 6. The highest BCUT2D eigenvalue weighted by molar-refractivity contribution is 5.65. The number of aryl methyl sites for hydroxylation is 1. The molecule has 0 saturated carbocycles. The molecule has 0 saturated heterocycles. The first kappa shape index (κ1) is 25.4. The van der Waals surface area contributed by atoms with Crippen molar-refractivity contribution in [2.45, 2.75) is 47.0 Å². The van der Waals surface area contributed by atoms with Crippen molar-refractivity contribution in [1.29, 1.82) is 0 Å². The molecule has 0 atom stereocenters. The van der Waals surface area contributed by atoms with E-state index in [4.69, 9.17) is 9.47 Å². The Morgan fingerprint density at radius 2 is 1.26 bits per heavy atom. The molecule has 4 aromatic rings. The predicted molar refractivity (Wildman–Crippen MR) is 155 cm³/mol. The summed E-state index contributed by atoms with van der Waals surface area (Å²) in [5.41, 5.74) is 7.21. The Morgan fingerprint density at radius 1 is 0.658 bits per heavy atom. The van der Waals surface area contributed by atoms with Gasteiger partial charge >= 0.3 is 0 Å². The maximum Gasteiger partial charge on any atom is 0.219 e. The maximum absolute atomic E-state index is 6.26. The number of hydrogen-bond acceptors (Lipinski definition) is 5. The highest BCUT2D eigenvalue weighted by Crippen LogP contribution is 2.36. The minimum atomic E-state index is 0.0234. The number of nitrogens with zero attached hydrogens (tertiary/aromatic N) is 3. The molecule has 1 aliphatic heterocycles. The van der Waals surface area contributed by atoms with Gasteiger partial charge < -0.3 is 19.3 Å². The van der Waals surface area contributed by atoms with Gasteiger partial charge in [-0.05, 0) is 74.2 Å². The molecule has 0 fully saturated rings. The second-order valence-corrected chi connectivity index (χ2v) is 10.8. The molecule has 5 rings (SSSR count). The molecule has 0 amide bonds. The molecule has 0 radical (unpaired) electrons. The van der Waals surface area contributed by atoms with Crippen molar-refractivity contribution in [1.82, 2.24) is 4.98 Å². The van der Waals surface area contributed by atoms with Crippen LogP contribution in [0.25, 0.3) is 0 Å². The van der Waals surface area contributed by atoms with Crippen LogP contribution < -0.4 is 19.3 Å². The van der Waals surface area contributed by atoms with Gasteiger partial charge in [-0.1, -0.05) is 50.6 Å². The lowest BCUT2D eigenvalue weighted by Gasteiger charge is -2.24. The van der Waals surface area contributed by atoms with Gasteiger partial charge in [-0.3, -0.25) is 0 Å². The van der Waals surface area contributed by atoms with E-state index >= 15 is 0 Å². The quantitative estimate of drug-likeness (QED) is 0.262. The molecule has 0 aliphatic carbocycles. The van der Waals surface area contributed by atoms with Crippen molar-refractivity contribution in [2.75, 3.05) is 16.5 Å². The number of benzene rings is 3. The fourth-order valence-electron chi connectivity index (χ4n) is 4.52. The monoisotopic (exact) mass is 505 g/mol. The molecule has 5 nitrogen and oxygen atoms in total. The molecule has 1 aromatic heterocycles. The molecule has 1 aliphatic rings. The lowest BCUT2D eigenvalue weighted by atomic mass is 9.88. The van der Waals surface area contributed by atoms with Crippen LogP contribution in [-0.2, 0) is 5.41 Å². The smallest absolute Gasteiger partial charge is 0.219 e. The van der Waals surface area contributed by atoms with Gasteiger partial charge in [-0.25, -0.2) is 4.98 Å². The number of pyridine rings is 1. The van der Waals surface area contributed by atoms with Gasteiger partial charge in [0, 0.05) is 47.2 Å². The van der Waals surface area contributed by atoms with E-state index in [0.717, 1.165) is 18.1 Å². The Labute approximate surface area is 226 Å². The summed E-state index contributed by atoms with van der Waals surface area (Å²) in [6.07, 6.45) is 1.79. The first-order chi connectivity index (χ1) is 18.2. The van der Waals surface area contributed by atoms with Crippen LogP contribution in [0.2, 0.25) is 0 Å². The predicted octanol–water partition coefficient (Wildman–Crippen LogP) is 8.81. The molecule has 38 heavy (non-hydrogen) atoms. The summed E-state index contributed by atoms with van der Waals surface area (Å²) in [6, 6.07) is 28.6. The second kappa shape index (κ2) is 10.3. The standard InChI is InChI=1S/C33H35N3O2/c1-23-13-15-27(16-14-23)35-22-36(25(3)24(35)2)28-9-7-10-29(20-28)37-30-11-8-12-31(21-30)38-32-19-26(17-18-34-32)33(4,5)6/h7-21H,22H2,1-6H3. The first-order valence-corrected chi connectivity index (χ1v) is 13.0. The number of anilines is 2. The van der Waals surface area contributed by atoms with Crippen LogP contribution in [0.3, 0.4) is 0 Å². The van der Waals surface area contributed by atoms with Gasteiger partial charge in [-0.15, -0.1) is 0 Å². The van der Waals surface area contributed by atoms with Crippen LogP contribution in [0.15, 0.2) is 103 Å². The molecule has 2 heterocycles. The molecule has 0 bridgehead atoms. The second-order valence-electron chi connectivity index (χ2n) is 10.8. The minimum Gasteiger partial charge on any atom is -0.457 e. The number of aromatic nitrogens is 1. The molecule has 194 valence electrons. The largest absolute Gasteiger partial charge is 0.457 e. The highest BCUT2D eigenvalue weighted by atomic mass is 16.5.